The van der Waals surface area contributed by atoms with Crippen molar-refractivity contribution in [3.63, 3.8) is 0 Å². The molecule has 1 aliphatic carbocycles. The third kappa shape index (κ3) is 5.37. The molecule has 252 valence electrons. The predicted octanol–water partition coefficient (Wildman–Crippen LogP) is 14.8. The maximum atomic E-state index is 2.44. The highest BCUT2D eigenvalue weighted by Gasteiger charge is 2.35. The van der Waals surface area contributed by atoms with Gasteiger partial charge in [-0.2, -0.15) is 0 Å². The van der Waals surface area contributed by atoms with Gasteiger partial charge in [0.2, 0.25) is 0 Å². The largest absolute Gasteiger partial charge is 0.310 e. The van der Waals surface area contributed by atoms with Crippen LogP contribution in [0.1, 0.15) is 25.0 Å². The van der Waals surface area contributed by atoms with E-state index in [4.69, 9.17) is 0 Å². The Morgan fingerprint density at radius 2 is 0.925 bits per heavy atom. The van der Waals surface area contributed by atoms with Crippen LogP contribution < -0.4 is 4.90 Å². The number of nitrogens with zero attached hydrogens (tertiary/aromatic N) is 1. The molecule has 1 aromatic heterocycles. The summed E-state index contributed by atoms with van der Waals surface area (Å²) in [6.45, 7) is 4.69. The van der Waals surface area contributed by atoms with Gasteiger partial charge in [-0.15, -0.1) is 11.3 Å². The van der Waals surface area contributed by atoms with Crippen molar-refractivity contribution in [2.75, 3.05) is 4.90 Å². The van der Waals surface area contributed by atoms with Crippen molar-refractivity contribution in [1.29, 1.82) is 0 Å². The highest BCUT2D eigenvalue weighted by molar-refractivity contribution is 7.25. The minimum Gasteiger partial charge on any atom is -0.310 e. The molecule has 0 unspecified atom stereocenters. The van der Waals surface area contributed by atoms with E-state index < -0.39 is 0 Å². The third-order valence-electron chi connectivity index (χ3n) is 11.1. The summed E-state index contributed by atoms with van der Waals surface area (Å²) in [5.74, 6) is 0. The summed E-state index contributed by atoms with van der Waals surface area (Å²) < 4.78 is 2.66. The smallest absolute Gasteiger partial charge is 0.0473 e. The zero-order valence-electron chi connectivity index (χ0n) is 29.8. The van der Waals surface area contributed by atoms with E-state index in [0.29, 0.717) is 0 Å². The van der Waals surface area contributed by atoms with E-state index in [1.54, 1.807) is 0 Å². The van der Waals surface area contributed by atoms with Crippen molar-refractivity contribution < 1.29 is 0 Å². The molecule has 0 aliphatic heterocycles. The SMILES string of the molecule is CC1(C)c2ccccc2-c2cc(N(c3ccc(-c4ccc5sc6ccccc6c5c4)cc3)c3cc(-c4ccccc4)cc(-c4ccccc4)c3)ccc21. The van der Waals surface area contributed by atoms with Gasteiger partial charge in [-0.05, 0) is 116 Å². The van der Waals surface area contributed by atoms with Crippen LogP contribution in [0.2, 0.25) is 0 Å². The van der Waals surface area contributed by atoms with Gasteiger partial charge in [-0.1, -0.05) is 141 Å². The molecule has 0 radical (unpaired) electrons. The minimum atomic E-state index is -0.0560. The molecule has 1 nitrogen and oxygen atoms in total. The number of hydrogen-bond acceptors (Lipinski definition) is 2. The van der Waals surface area contributed by atoms with Gasteiger partial charge in [0.15, 0.2) is 0 Å². The van der Waals surface area contributed by atoms with Gasteiger partial charge in [-0.25, -0.2) is 0 Å². The maximum absolute atomic E-state index is 2.44. The fourth-order valence-corrected chi connectivity index (χ4v) is 9.42. The normalized spacial score (nSPS) is 12.9. The predicted molar refractivity (Wildman–Crippen MR) is 228 cm³/mol. The van der Waals surface area contributed by atoms with Gasteiger partial charge in [-0.3, -0.25) is 0 Å². The first-order valence-electron chi connectivity index (χ1n) is 18.3. The summed E-state index contributed by atoms with van der Waals surface area (Å²) in [6.07, 6.45) is 0. The van der Waals surface area contributed by atoms with Crippen molar-refractivity contribution in [2.45, 2.75) is 19.3 Å². The van der Waals surface area contributed by atoms with Gasteiger partial charge in [0.05, 0.1) is 0 Å². The van der Waals surface area contributed by atoms with E-state index >= 15 is 0 Å². The lowest BCUT2D eigenvalue weighted by molar-refractivity contribution is 0.660. The molecule has 0 fully saturated rings. The molecule has 2 heteroatoms. The fourth-order valence-electron chi connectivity index (χ4n) is 8.34. The van der Waals surface area contributed by atoms with Gasteiger partial charge >= 0.3 is 0 Å². The van der Waals surface area contributed by atoms with Crippen molar-refractivity contribution in [1.82, 2.24) is 0 Å². The van der Waals surface area contributed by atoms with E-state index in [-0.39, 0.29) is 5.41 Å². The Morgan fingerprint density at radius 3 is 1.66 bits per heavy atom. The lowest BCUT2D eigenvalue weighted by Crippen LogP contribution is -2.15. The second kappa shape index (κ2) is 12.5. The van der Waals surface area contributed by atoms with E-state index in [9.17, 15) is 0 Å². The van der Waals surface area contributed by atoms with E-state index in [0.717, 1.165) is 17.1 Å². The van der Waals surface area contributed by atoms with Crippen LogP contribution in [0.3, 0.4) is 0 Å². The molecule has 8 aromatic carbocycles. The lowest BCUT2D eigenvalue weighted by Gasteiger charge is -2.28. The second-order valence-electron chi connectivity index (χ2n) is 14.6. The van der Waals surface area contributed by atoms with Crippen LogP contribution in [-0.4, -0.2) is 0 Å². The third-order valence-corrected chi connectivity index (χ3v) is 12.2. The van der Waals surface area contributed by atoms with Crippen LogP contribution in [-0.2, 0) is 5.41 Å². The first-order valence-corrected chi connectivity index (χ1v) is 19.2. The van der Waals surface area contributed by atoms with Crippen molar-refractivity contribution >= 4 is 48.6 Å². The highest BCUT2D eigenvalue weighted by Crippen LogP contribution is 2.51. The molecule has 0 atom stereocenters. The zero-order chi connectivity index (χ0) is 35.5. The Hall–Kier alpha value is -6.22. The van der Waals surface area contributed by atoms with Crippen LogP contribution in [0.15, 0.2) is 188 Å². The Bertz CT molecular complexity index is 2730. The summed E-state index contributed by atoms with van der Waals surface area (Å²) in [6, 6.07) is 69.2. The molecule has 53 heavy (non-hydrogen) atoms. The molecule has 0 amide bonds. The summed E-state index contributed by atoms with van der Waals surface area (Å²) in [5.41, 5.74) is 15.9. The first kappa shape index (κ1) is 31.5. The van der Waals surface area contributed by atoms with Crippen molar-refractivity contribution in [2.24, 2.45) is 0 Å². The average Bonchev–Trinajstić information content (AvgIpc) is 3.70. The maximum Gasteiger partial charge on any atom is 0.0473 e. The molecule has 9 aromatic rings. The van der Waals surface area contributed by atoms with E-state index in [2.05, 4.69) is 207 Å². The number of fused-ring (bicyclic) bond motifs is 6. The van der Waals surface area contributed by atoms with Crippen LogP contribution >= 0.6 is 11.3 Å². The molecular weight excluding hydrogens is 659 g/mol. The Kier molecular flexibility index (Phi) is 7.42. The lowest BCUT2D eigenvalue weighted by atomic mass is 9.82. The minimum absolute atomic E-state index is 0.0560. The summed E-state index contributed by atoms with van der Waals surface area (Å²) in [5, 5.41) is 2.65. The average molecular weight is 696 g/mol. The number of rotatable bonds is 6. The van der Waals surface area contributed by atoms with E-state index in [1.165, 1.54) is 75.8 Å². The Morgan fingerprint density at radius 1 is 0.358 bits per heavy atom. The van der Waals surface area contributed by atoms with Gasteiger partial charge < -0.3 is 4.90 Å². The quantitative estimate of drug-likeness (QED) is 0.167. The molecule has 0 bridgehead atoms. The number of anilines is 3. The van der Waals surface area contributed by atoms with Crippen molar-refractivity contribution in [3.05, 3.63) is 199 Å². The van der Waals surface area contributed by atoms with E-state index in [1.807, 2.05) is 11.3 Å². The topological polar surface area (TPSA) is 3.24 Å². The molecule has 0 N–H and O–H groups in total. The standard InChI is InChI=1S/C51H37NS/c1-51(2)47-19-11-9-17-43(47)45-33-41(26-27-48(45)51)52(42-30-38(34-13-5-3-6-14-34)29-39(31-42)35-15-7-4-8-16-35)40-24-21-36(22-25-40)37-23-28-50-46(32-37)44-18-10-12-20-49(44)53-50/h3-33H,1-2H3. The summed E-state index contributed by atoms with van der Waals surface area (Å²) in [7, 11) is 0. The molecule has 10 rings (SSSR count). The first-order chi connectivity index (χ1) is 26.0. The highest BCUT2D eigenvalue weighted by atomic mass is 32.1. The van der Waals surface area contributed by atoms with Gasteiger partial charge in [0.25, 0.3) is 0 Å². The van der Waals surface area contributed by atoms with Gasteiger partial charge in [0.1, 0.15) is 0 Å². The van der Waals surface area contributed by atoms with Crippen LogP contribution in [0, 0.1) is 0 Å². The molecule has 1 heterocycles. The van der Waals surface area contributed by atoms with Gasteiger partial charge in [0, 0.05) is 42.6 Å². The Labute approximate surface area is 315 Å². The Balaban J connectivity index is 1.15. The monoisotopic (exact) mass is 695 g/mol. The molecule has 0 spiro atoms. The van der Waals surface area contributed by atoms with Crippen molar-refractivity contribution in [3.8, 4) is 44.5 Å². The molecule has 1 aliphatic rings. The molecular formula is C51H37NS. The summed E-state index contributed by atoms with van der Waals surface area (Å²) in [4.78, 5) is 2.44. The van der Waals surface area contributed by atoms with Crippen LogP contribution in [0.4, 0.5) is 17.1 Å². The second-order valence-corrected chi connectivity index (χ2v) is 15.7. The number of hydrogen-bond donors (Lipinski definition) is 0. The molecule has 0 saturated carbocycles. The fraction of sp³-hybridized carbons (Fsp3) is 0.0588. The summed E-state index contributed by atoms with van der Waals surface area (Å²) >= 11 is 1.86. The molecule has 0 saturated heterocycles. The number of thiophene rings is 1. The zero-order valence-corrected chi connectivity index (χ0v) is 30.6. The van der Waals surface area contributed by atoms with Crippen LogP contribution in [0.25, 0.3) is 64.7 Å². The van der Waals surface area contributed by atoms with Crippen LogP contribution in [0.5, 0.6) is 0 Å². The number of benzene rings is 8.